The lowest BCUT2D eigenvalue weighted by Crippen LogP contribution is -2.21. The van der Waals surface area contributed by atoms with Crippen molar-refractivity contribution in [3.8, 4) is 11.3 Å². The SMILES string of the molecule is CCN(CC)c1ccc(-c2nc(Nc3ccc(C)cc3)sc2Cc2ccccc2)cc1. The van der Waals surface area contributed by atoms with E-state index in [9.17, 15) is 0 Å². The Balaban J connectivity index is 1.67. The van der Waals surface area contributed by atoms with Crippen molar-refractivity contribution in [1.29, 1.82) is 0 Å². The van der Waals surface area contributed by atoms with Crippen LogP contribution in [0.4, 0.5) is 16.5 Å². The van der Waals surface area contributed by atoms with Crippen LogP contribution in [-0.4, -0.2) is 18.1 Å². The molecular formula is C27H29N3S. The van der Waals surface area contributed by atoms with Crippen molar-refractivity contribution < 1.29 is 0 Å². The summed E-state index contributed by atoms with van der Waals surface area (Å²) < 4.78 is 0. The molecule has 0 spiro atoms. The molecule has 0 aliphatic carbocycles. The van der Waals surface area contributed by atoms with Gasteiger partial charge in [-0.25, -0.2) is 4.98 Å². The second kappa shape index (κ2) is 9.80. The first-order valence-electron chi connectivity index (χ1n) is 10.9. The van der Waals surface area contributed by atoms with E-state index in [0.29, 0.717) is 0 Å². The van der Waals surface area contributed by atoms with E-state index in [1.807, 2.05) is 0 Å². The van der Waals surface area contributed by atoms with Crippen molar-refractivity contribution in [3.05, 3.63) is 94.9 Å². The molecule has 0 fully saturated rings. The molecule has 0 atom stereocenters. The number of aryl methyl sites for hydroxylation is 1. The van der Waals surface area contributed by atoms with Gasteiger partial charge in [0.15, 0.2) is 5.13 Å². The third-order valence-electron chi connectivity index (χ3n) is 5.48. The lowest BCUT2D eigenvalue weighted by molar-refractivity contribution is 0.866. The predicted molar refractivity (Wildman–Crippen MR) is 135 cm³/mol. The van der Waals surface area contributed by atoms with Crippen molar-refractivity contribution in [2.45, 2.75) is 27.2 Å². The van der Waals surface area contributed by atoms with Gasteiger partial charge >= 0.3 is 0 Å². The van der Waals surface area contributed by atoms with Gasteiger partial charge in [-0.1, -0.05) is 60.2 Å². The largest absolute Gasteiger partial charge is 0.372 e. The van der Waals surface area contributed by atoms with Crippen molar-refractivity contribution in [2.75, 3.05) is 23.3 Å². The molecular weight excluding hydrogens is 398 g/mol. The Bertz CT molecular complexity index is 1100. The molecule has 158 valence electrons. The number of aromatic nitrogens is 1. The second-order valence-corrected chi connectivity index (χ2v) is 8.75. The van der Waals surface area contributed by atoms with Crippen LogP contribution < -0.4 is 10.2 Å². The van der Waals surface area contributed by atoms with Crippen LogP contribution in [0.2, 0.25) is 0 Å². The smallest absolute Gasteiger partial charge is 0.187 e. The molecule has 1 aromatic heterocycles. The van der Waals surface area contributed by atoms with E-state index in [-0.39, 0.29) is 0 Å². The van der Waals surface area contributed by atoms with Crippen LogP contribution >= 0.6 is 11.3 Å². The zero-order chi connectivity index (χ0) is 21.6. The Morgan fingerprint density at radius 1 is 0.839 bits per heavy atom. The number of rotatable bonds is 8. The van der Waals surface area contributed by atoms with Crippen LogP contribution in [0.5, 0.6) is 0 Å². The summed E-state index contributed by atoms with van der Waals surface area (Å²) >= 11 is 1.74. The number of anilines is 3. The Labute approximate surface area is 189 Å². The molecule has 3 aromatic carbocycles. The second-order valence-electron chi connectivity index (χ2n) is 7.66. The van der Waals surface area contributed by atoms with E-state index in [1.54, 1.807) is 11.3 Å². The normalized spacial score (nSPS) is 10.8. The summed E-state index contributed by atoms with van der Waals surface area (Å²) in [5.74, 6) is 0. The van der Waals surface area contributed by atoms with Gasteiger partial charge < -0.3 is 10.2 Å². The molecule has 4 aromatic rings. The average molecular weight is 428 g/mol. The molecule has 4 rings (SSSR count). The van der Waals surface area contributed by atoms with Gasteiger partial charge in [-0.05, 0) is 50.6 Å². The third-order valence-corrected chi connectivity index (χ3v) is 6.45. The highest BCUT2D eigenvalue weighted by molar-refractivity contribution is 7.16. The molecule has 0 unspecified atom stereocenters. The number of thiazole rings is 1. The third kappa shape index (κ3) is 5.15. The maximum absolute atomic E-state index is 5.00. The summed E-state index contributed by atoms with van der Waals surface area (Å²) in [5.41, 5.74) is 7.10. The fourth-order valence-electron chi connectivity index (χ4n) is 3.71. The van der Waals surface area contributed by atoms with E-state index < -0.39 is 0 Å². The first-order valence-corrected chi connectivity index (χ1v) is 11.7. The molecule has 0 bridgehead atoms. The molecule has 0 aliphatic heterocycles. The summed E-state index contributed by atoms with van der Waals surface area (Å²) in [5, 5.41) is 4.42. The van der Waals surface area contributed by atoms with E-state index >= 15 is 0 Å². The van der Waals surface area contributed by atoms with Gasteiger partial charge in [-0.15, -0.1) is 11.3 Å². The van der Waals surface area contributed by atoms with Crippen LogP contribution in [0.25, 0.3) is 11.3 Å². The summed E-state index contributed by atoms with van der Waals surface area (Å²) in [6, 6.07) is 27.9. The van der Waals surface area contributed by atoms with E-state index in [2.05, 4.69) is 110 Å². The minimum Gasteiger partial charge on any atom is -0.372 e. The Hall–Kier alpha value is -3.11. The molecule has 3 nitrogen and oxygen atoms in total. The topological polar surface area (TPSA) is 28.2 Å². The highest BCUT2D eigenvalue weighted by Crippen LogP contribution is 2.35. The lowest BCUT2D eigenvalue weighted by Gasteiger charge is -2.21. The van der Waals surface area contributed by atoms with Gasteiger partial charge in [-0.3, -0.25) is 0 Å². The lowest BCUT2D eigenvalue weighted by atomic mass is 10.1. The maximum Gasteiger partial charge on any atom is 0.187 e. The first-order chi connectivity index (χ1) is 15.2. The number of nitrogens with zero attached hydrogens (tertiary/aromatic N) is 2. The molecule has 31 heavy (non-hydrogen) atoms. The van der Waals surface area contributed by atoms with Crippen molar-refractivity contribution in [1.82, 2.24) is 4.98 Å². The number of nitrogens with one attached hydrogen (secondary N) is 1. The summed E-state index contributed by atoms with van der Waals surface area (Å²) in [6.07, 6.45) is 0.876. The molecule has 4 heteroatoms. The molecule has 0 amide bonds. The minimum atomic E-state index is 0.876. The predicted octanol–water partition coefficient (Wildman–Crippen LogP) is 7.30. The number of hydrogen-bond acceptors (Lipinski definition) is 4. The molecule has 0 radical (unpaired) electrons. The highest BCUT2D eigenvalue weighted by atomic mass is 32.1. The van der Waals surface area contributed by atoms with Crippen LogP contribution in [0, 0.1) is 6.92 Å². The van der Waals surface area contributed by atoms with Crippen LogP contribution in [-0.2, 0) is 6.42 Å². The summed E-state index contributed by atoms with van der Waals surface area (Å²) in [6.45, 7) is 8.51. The van der Waals surface area contributed by atoms with E-state index in [1.165, 1.54) is 21.7 Å². The van der Waals surface area contributed by atoms with Crippen molar-refractivity contribution in [2.24, 2.45) is 0 Å². The average Bonchev–Trinajstić information content (AvgIpc) is 3.19. The monoisotopic (exact) mass is 427 g/mol. The summed E-state index contributed by atoms with van der Waals surface area (Å²) in [4.78, 5) is 8.64. The minimum absolute atomic E-state index is 0.876. The standard InChI is InChI=1S/C27H29N3S/c1-4-30(5-2)24-17-13-22(14-18-24)26-25(19-21-9-7-6-8-10-21)31-27(29-26)28-23-15-11-20(3)12-16-23/h6-18H,4-5,19H2,1-3H3,(H,28,29). The molecule has 1 N–H and O–H groups in total. The van der Waals surface area contributed by atoms with Gasteiger partial charge in [0, 0.05) is 41.3 Å². The van der Waals surface area contributed by atoms with E-state index in [0.717, 1.165) is 41.6 Å². The number of hydrogen-bond donors (Lipinski definition) is 1. The van der Waals surface area contributed by atoms with Crippen molar-refractivity contribution >= 4 is 27.8 Å². The summed E-state index contributed by atoms with van der Waals surface area (Å²) in [7, 11) is 0. The fraction of sp³-hybridized carbons (Fsp3) is 0.222. The molecule has 0 aliphatic rings. The highest BCUT2D eigenvalue weighted by Gasteiger charge is 2.15. The zero-order valence-corrected chi connectivity index (χ0v) is 19.2. The Kier molecular flexibility index (Phi) is 6.68. The quantitative estimate of drug-likeness (QED) is 0.320. The Morgan fingerprint density at radius 3 is 2.16 bits per heavy atom. The van der Waals surface area contributed by atoms with Crippen LogP contribution in [0.1, 0.15) is 29.9 Å². The van der Waals surface area contributed by atoms with Gasteiger partial charge in [0.1, 0.15) is 0 Å². The maximum atomic E-state index is 5.00. The van der Waals surface area contributed by atoms with E-state index in [4.69, 9.17) is 4.98 Å². The molecule has 1 heterocycles. The van der Waals surface area contributed by atoms with Gasteiger partial charge in [0.2, 0.25) is 0 Å². The van der Waals surface area contributed by atoms with Crippen molar-refractivity contribution in [3.63, 3.8) is 0 Å². The van der Waals surface area contributed by atoms with Crippen LogP contribution in [0.15, 0.2) is 78.9 Å². The van der Waals surface area contributed by atoms with Gasteiger partial charge in [-0.2, -0.15) is 0 Å². The zero-order valence-electron chi connectivity index (χ0n) is 18.4. The van der Waals surface area contributed by atoms with Gasteiger partial charge in [0.05, 0.1) is 5.69 Å². The molecule has 0 saturated heterocycles. The Morgan fingerprint density at radius 2 is 1.52 bits per heavy atom. The van der Waals surface area contributed by atoms with Crippen LogP contribution in [0.3, 0.4) is 0 Å². The van der Waals surface area contributed by atoms with Gasteiger partial charge in [0.25, 0.3) is 0 Å². The number of benzene rings is 3. The molecule has 0 saturated carbocycles. The fourth-order valence-corrected chi connectivity index (χ4v) is 4.75. The first kappa shape index (κ1) is 21.1.